The number of rotatable bonds is 10. The maximum atomic E-state index is 13.5. The number of aliphatic imine (C=N–C) groups is 1. The first-order chi connectivity index (χ1) is 17.2. The zero-order valence-corrected chi connectivity index (χ0v) is 21.7. The molecule has 1 N–H and O–H groups in total. The first-order valence-corrected chi connectivity index (χ1v) is 12.8. The molecule has 0 atom stereocenters. The first kappa shape index (κ1) is 25.7. The number of unbranched alkanes of at least 4 members (excludes halogenated alkanes) is 1. The molecule has 4 rings (SSSR count). The lowest BCUT2D eigenvalue weighted by Crippen LogP contribution is -2.40. The van der Waals surface area contributed by atoms with E-state index in [1.165, 1.54) is 13.8 Å². The van der Waals surface area contributed by atoms with Crippen molar-refractivity contribution in [2.45, 2.75) is 83.4 Å². The van der Waals surface area contributed by atoms with Crippen molar-refractivity contribution in [3.05, 3.63) is 48.0 Å². The topological polar surface area (TPSA) is 88.4 Å². The molecule has 7 nitrogen and oxygen atoms in total. The minimum atomic E-state index is -1.34. The number of aliphatic carboxylic acids is 1. The Balaban J connectivity index is 1.59. The highest BCUT2D eigenvalue weighted by Gasteiger charge is 2.49. The highest BCUT2D eigenvalue weighted by molar-refractivity contribution is 6.08. The Kier molecular flexibility index (Phi) is 7.38. The predicted molar refractivity (Wildman–Crippen MR) is 139 cm³/mol. The fraction of sp³-hybridized carbons (Fsp3) is 0.483. The van der Waals surface area contributed by atoms with Crippen LogP contribution in [0.1, 0.15) is 71.3 Å². The molecule has 1 aliphatic heterocycles. The molecule has 192 valence electrons. The standard InChI is InChI=1S/C29H36N2O5/c1-5-6-12-25-30-29(15-7-8-16-29)26(32)31(25)19-22-14-13-21(18-24(22)35-4)20-10-9-11-23(17-20)36-28(2,3)27(33)34/h9-11,13-14,17-18H,5-8,12,15-16,19H2,1-4H3,(H,33,34). The van der Waals surface area contributed by atoms with Gasteiger partial charge in [-0.1, -0.05) is 50.5 Å². The van der Waals surface area contributed by atoms with Crippen LogP contribution in [0.4, 0.5) is 0 Å². The second-order valence-corrected chi connectivity index (χ2v) is 10.2. The Morgan fingerprint density at radius 2 is 1.86 bits per heavy atom. The van der Waals surface area contributed by atoms with Crippen LogP contribution in [-0.2, 0) is 16.1 Å². The van der Waals surface area contributed by atoms with E-state index >= 15 is 0 Å². The van der Waals surface area contributed by atoms with E-state index in [4.69, 9.17) is 14.5 Å². The molecular weight excluding hydrogens is 456 g/mol. The van der Waals surface area contributed by atoms with Crippen molar-refractivity contribution >= 4 is 17.7 Å². The highest BCUT2D eigenvalue weighted by Crippen LogP contribution is 2.41. The summed E-state index contributed by atoms with van der Waals surface area (Å²) in [7, 11) is 1.63. The average Bonchev–Trinajstić information content (AvgIpc) is 3.43. The Morgan fingerprint density at radius 1 is 1.14 bits per heavy atom. The molecular formula is C29H36N2O5. The van der Waals surface area contributed by atoms with Crippen molar-refractivity contribution in [1.29, 1.82) is 0 Å². The maximum Gasteiger partial charge on any atom is 0.347 e. The Hall–Kier alpha value is -3.35. The zero-order chi connectivity index (χ0) is 25.9. The van der Waals surface area contributed by atoms with Crippen molar-refractivity contribution in [3.63, 3.8) is 0 Å². The van der Waals surface area contributed by atoms with Crippen molar-refractivity contribution in [2.75, 3.05) is 7.11 Å². The van der Waals surface area contributed by atoms with E-state index in [0.29, 0.717) is 18.0 Å². The van der Waals surface area contributed by atoms with Gasteiger partial charge in [-0.2, -0.15) is 0 Å². The molecule has 1 amide bonds. The highest BCUT2D eigenvalue weighted by atomic mass is 16.5. The number of benzene rings is 2. The molecule has 0 saturated heterocycles. The zero-order valence-electron chi connectivity index (χ0n) is 21.7. The van der Waals surface area contributed by atoms with Crippen LogP contribution in [-0.4, -0.2) is 46.0 Å². The molecule has 2 aromatic carbocycles. The van der Waals surface area contributed by atoms with Gasteiger partial charge in [-0.05, 0) is 62.4 Å². The van der Waals surface area contributed by atoms with Gasteiger partial charge in [0, 0.05) is 12.0 Å². The summed E-state index contributed by atoms with van der Waals surface area (Å²) < 4.78 is 11.4. The van der Waals surface area contributed by atoms with Crippen LogP contribution in [0.5, 0.6) is 11.5 Å². The number of amidine groups is 1. The summed E-state index contributed by atoms with van der Waals surface area (Å²) in [6.45, 7) is 5.63. The molecule has 7 heteroatoms. The van der Waals surface area contributed by atoms with Crippen LogP contribution in [0.2, 0.25) is 0 Å². The number of amides is 1. The Labute approximate surface area is 213 Å². The summed E-state index contributed by atoms with van der Waals surface area (Å²) in [6, 6.07) is 13.3. The number of methoxy groups -OCH3 is 1. The molecule has 0 aromatic heterocycles. The smallest absolute Gasteiger partial charge is 0.347 e. The third kappa shape index (κ3) is 5.11. The van der Waals surface area contributed by atoms with E-state index < -0.39 is 17.1 Å². The van der Waals surface area contributed by atoms with Gasteiger partial charge in [0.05, 0.1) is 13.7 Å². The number of hydrogen-bond acceptors (Lipinski definition) is 5. The van der Waals surface area contributed by atoms with E-state index in [1.807, 2.05) is 41.3 Å². The van der Waals surface area contributed by atoms with Gasteiger partial charge in [0.25, 0.3) is 5.91 Å². The van der Waals surface area contributed by atoms with Crippen molar-refractivity contribution in [3.8, 4) is 22.6 Å². The lowest BCUT2D eigenvalue weighted by atomic mass is 9.97. The Bertz CT molecular complexity index is 1160. The number of ether oxygens (including phenoxy) is 2. The molecule has 1 saturated carbocycles. The average molecular weight is 493 g/mol. The fourth-order valence-corrected chi connectivity index (χ4v) is 5.00. The van der Waals surface area contributed by atoms with Gasteiger partial charge in [0.1, 0.15) is 22.9 Å². The number of hydrogen-bond donors (Lipinski definition) is 1. The van der Waals surface area contributed by atoms with Crippen LogP contribution in [0, 0.1) is 0 Å². The quantitative estimate of drug-likeness (QED) is 0.450. The summed E-state index contributed by atoms with van der Waals surface area (Å²) in [5.74, 6) is 1.17. The summed E-state index contributed by atoms with van der Waals surface area (Å²) >= 11 is 0. The van der Waals surface area contributed by atoms with Gasteiger partial charge in [-0.25, -0.2) is 4.79 Å². The van der Waals surface area contributed by atoms with E-state index in [2.05, 4.69) is 6.92 Å². The van der Waals surface area contributed by atoms with Crippen LogP contribution < -0.4 is 9.47 Å². The second-order valence-electron chi connectivity index (χ2n) is 10.2. The van der Waals surface area contributed by atoms with Crippen molar-refractivity contribution in [1.82, 2.24) is 4.90 Å². The maximum absolute atomic E-state index is 13.5. The molecule has 1 heterocycles. The van der Waals surface area contributed by atoms with Crippen LogP contribution in [0.25, 0.3) is 11.1 Å². The van der Waals surface area contributed by atoms with E-state index in [1.54, 1.807) is 13.2 Å². The predicted octanol–water partition coefficient (Wildman–Crippen LogP) is 5.85. The number of carboxylic acid groups (broad SMARTS) is 1. The molecule has 1 aliphatic carbocycles. The lowest BCUT2D eigenvalue weighted by Gasteiger charge is -2.24. The normalized spacial score (nSPS) is 16.9. The number of carbonyl (C=O) groups excluding carboxylic acids is 1. The Morgan fingerprint density at radius 3 is 2.53 bits per heavy atom. The SMILES string of the molecule is CCCCC1=NC2(CCCC2)C(=O)N1Cc1ccc(-c2cccc(OC(C)(C)C(=O)O)c2)cc1OC. The van der Waals surface area contributed by atoms with Crippen molar-refractivity contribution in [2.24, 2.45) is 4.99 Å². The van der Waals surface area contributed by atoms with E-state index in [-0.39, 0.29) is 5.91 Å². The number of carboxylic acids is 1. The molecule has 1 fully saturated rings. The lowest BCUT2D eigenvalue weighted by molar-refractivity contribution is -0.152. The second kappa shape index (κ2) is 10.3. The monoisotopic (exact) mass is 492 g/mol. The number of nitrogens with zero attached hydrogens (tertiary/aromatic N) is 2. The number of carbonyl (C=O) groups is 2. The van der Waals surface area contributed by atoms with Gasteiger partial charge in [-0.3, -0.25) is 14.7 Å². The van der Waals surface area contributed by atoms with E-state index in [9.17, 15) is 14.7 Å². The van der Waals surface area contributed by atoms with Crippen molar-refractivity contribution < 1.29 is 24.2 Å². The largest absolute Gasteiger partial charge is 0.496 e. The van der Waals surface area contributed by atoms with Crippen LogP contribution >= 0.6 is 0 Å². The molecule has 0 unspecified atom stereocenters. The third-order valence-electron chi connectivity index (χ3n) is 7.15. The minimum absolute atomic E-state index is 0.128. The summed E-state index contributed by atoms with van der Waals surface area (Å²) in [5.41, 5.74) is 0.824. The summed E-state index contributed by atoms with van der Waals surface area (Å²) in [5, 5.41) is 9.38. The molecule has 1 spiro atoms. The van der Waals surface area contributed by atoms with E-state index in [0.717, 1.165) is 67.5 Å². The molecule has 2 aromatic rings. The summed E-state index contributed by atoms with van der Waals surface area (Å²) in [4.78, 5) is 31.8. The van der Waals surface area contributed by atoms with Gasteiger partial charge in [-0.15, -0.1) is 0 Å². The minimum Gasteiger partial charge on any atom is -0.496 e. The van der Waals surface area contributed by atoms with Gasteiger partial charge >= 0.3 is 5.97 Å². The van der Waals surface area contributed by atoms with Crippen LogP contribution in [0.3, 0.4) is 0 Å². The van der Waals surface area contributed by atoms with Gasteiger partial charge in [0.2, 0.25) is 0 Å². The molecule has 36 heavy (non-hydrogen) atoms. The molecule has 2 aliphatic rings. The first-order valence-electron chi connectivity index (χ1n) is 12.8. The summed E-state index contributed by atoms with van der Waals surface area (Å²) in [6.07, 6.45) is 6.65. The molecule has 0 radical (unpaired) electrons. The van der Waals surface area contributed by atoms with Crippen LogP contribution in [0.15, 0.2) is 47.5 Å². The fourth-order valence-electron chi connectivity index (χ4n) is 5.00. The molecule has 0 bridgehead atoms. The third-order valence-corrected chi connectivity index (χ3v) is 7.15. The van der Waals surface area contributed by atoms with Gasteiger partial charge < -0.3 is 14.6 Å². The van der Waals surface area contributed by atoms with Gasteiger partial charge in [0.15, 0.2) is 5.60 Å².